The number of carboxylic acids is 1. The molecule has 4 nitrogen and oxygen atoms in total. The summed E-state index contributed by atoms with van der Waals surface area (Å²) in [7, 11) is 0. The third kappa shape index (κ3) is 4.74. The Hall–Kier alpha value is -0.620. The van der Waals surface area contributed by atoms with Gasteiger partial charge in [-0.2, -0.15) is 0 Å². The molecule has 2 N–H and O–H groups in total. The van der Waals surface area contributed by atoms with Gasteiger partial charge in [-0.25, -0.2) is 0 Å². The van der Waals surface area contributed by atoms with Gasteiger partial charge in [0, 0.05) is 29.6 Å². The third-order valence-corrected chi connectivity index (χ3v) is 4.34. The largest absolute Gasteiger partial charge is 0.480 e. The molecule has 1 heterocycles. The Morgan fingerprint density at radius 2 is 2.20 bits per heavy atom. The molecule has 1 unspecified atom stereocenters. The number of hydrogen-bond acceptors (Lipinski definition) is 3. The van der Waals surface area contributed by atoms with E-state index in [-0.39, 0.29) is 24.5 Å². The maximum Gasteiger partial charge on any atom is 0.317 e. The molecule has 1 atom stereocenters. The van der Waals surface area contributed by atoms with Crippen molar-refractivity contribution in [2.45, 2.75) is 25.4 Å². The molecule has 0 radical (unpaired) electrons. The number of rotatable bonds is 5. The van der Waals surface area contributed by atoms with Crippen molar-refractivity contribution in [1.82, 2.24) is 10.2 Å². The second-order valence-corrected chi connectivity index (χ2v) is 6.21. The lowest BCUT2D eigenvalue weighted by atomic mass is 10.0. The predicted octanol–water partition coefficient (Wildman–Crippen LogP) is 2.51. The van der Waals surface area contributed by atoms with Gasteiger partial charge in [-0.3, -0.25) is 9.69 Å². The van der Waals surface area contributed by atoms with E-state index in [1.807, 2.05) is 18.2 Å². The first-order chi connectivity index (χ1) is 8.98. The van der Waals surface area contributed by atoms with Crippen LogP contribution in [0.25, 0.3) is 0 Å². The maximum atomic E-state index is 10.6. The number of likely N-dealkylation sites (tertiary alicyclic amines) is 1. The highest BCUT2D eigenvalue weighted by atomic mass is 79.9. The second kappa shape index (κ2) is 7.41. The van der Waals surface area contributed by atoms with Crippen LogP contribution in [0.5, 0.6) is 0 Å². The third-order valence-electron chi connectivity index (χ3n) is 3.57. The average molecular weight is 364 g/mol. The van der Waals surface area contributed by atoms with Crippen LogP contribution in [0.2, 0.25) is 0 Å². The summed E-state index contributed by atoms with van der Waals surface area (Å²) in [5, 5.41) is 11.9. The number of halogens is 2. The molecule has 0 spiro atoms. The molecular formula is C14H20BrClN2O2. The minimum Gasteiger partial charge on any atom is -0.480 e. The van der Waals surface area contributed by atoms with E-state index in [0.29, 0.717) is 0 Å². The topological polar surface area (TPSA) is 52.6 Å². The van der Waals surface area contributed by atoms with Crippen molar-refractivity contribution >= 4 is 34.3 Å². The zero-order chi connectivity index (χ0) is 13.9. The summed E-state index contributed by atoms with van der Waals surface area (Å²) in [5.74, 6) is -0.800. The summed E-state index contributed by atoms with van der Waals surface area (Å²) in [6.07, 6.45) is 0.977. The zero-order valence-corrected chi connectivity index (χ0v) is 13.8. The van der Waals surface area contributed by atoms with Crippen LogP contribution in [0.1, 0.15) is 18.9 Å². The molecule has 20 heavy (non-hydrogen) atoms. The number of carboxylic acid groups (broad SMARTS) is 1. The van der Waals surface area contributed by atoms with Crippen LogP contribution in [0.15, 0.2) is 28.7 Å². The molecular weight excluding hydrogens is 344 g/mol. The minimum atomic E-state index is -0.800. The van der Waals surface area contributed by atoms with Gasteiger partial charge in [-0.15, -0.1) is 12.4 Å². The summed E-state index contributed by atoms with van der Waals surface area (Å²) < 4.78 is 1.13. The fourth-order valence-electron chi connectivity index (χ4n) is 2.49. The fourth-order valence-corrected chi connectivity index (χ4v) is 2.90. The summed E-state index contributed by atoms with van der Waals surface area (Å²) in [6, 6.07) is 8.21. The summed E-state index contributed by atoms with van der Waals surface area (Å²) in [5.41, 5.74) is 1.17. The number of aliphatic carboxylic acids is 1. The van der Waals surface area contributed by atoms with E-state index in [1.54, 1.807) is 0 Å². The SMILES string of the molecule is CC1(NCC(=O)O)CCN(Cc2ccccc2Br)C1.Cl. The lowest BCUT2D eigenvalue weighted by Gasteiger charge is -2.25. The minimum absolute atomic E-state index is 0. The molecule has 2 rings (SSSR count). The predicted molar refractivity (Wildman–Crippen MR) is 85.3 cm³/mol. The van der Waals surface area contributed by atoms with E-state index >= 15 is 0 Å². The van der Waals surface area contributed by atoms with Gasteiger partial charge >= 0.3 is 5.97 Å². The van der Waals surface area contributed by atoms with Crippen molar-refractivity contribution in [3.8, 4) is 0 Å². The van der Waals surface area contributed by atoms with Gasteiger partial charge in [0.1, 0.15) is 0 Å². The van der Waals surface area contributed by atoms with Crippen LogP contribution in [-0.4, -0.2) is 41.1 Å². The highest BCUT2D eigenvalue weighted by molar-refractivity contribution is 9.10. The zero-order valence-electron chi connectivity index (χ0n) is 11.4. The molecule has 1 aromatic rings. The highest BCUT2D eigenvalue weighted by Gasteiger charge is 2.33. The molecule has 112 valence electrons. The van der Waals surface area contributed by atoms with Crippen molar-refractivity contribution in [2.75, 3.05) is 19.6 Å². The lowest BCUT2D eigenvalue weighted by Crippen LogP contribution is -2.46. The summed E-state index contributed by atoms with van der Waals surface area (Å²) >= 11 is 3.56. The van der Waals surface area contributed by atoms with Gasteiger partial charge in [0.2, 0.25) is 0 Å². The van der Waals surface area contributed by atoms with Crippen LogP contribution >= 0.6 is 28.3 Å². The first-order valence-corrected chi connectivity index (χ1v) is 7.20. The number of benzene rings is 1. The van der Waals surface area contributed by atoms with Gasteiger partial charge < -0.3 is 10.4 Å². The lowest BCUT2D eigenvalue weighted by molar-refractivity contribution is -0.136. The number of nitrogens with one attached hydrogen (secondary N) is 1. The van der Waals surface area contributed by atoms with Gasteiger partial charge in [0.15, 0.2) is 0 Å². The molecule has 6 heteroatoms. The van der Waals surface area contributed by atoms with E-state index < -0.39 is 5.97 Å². The Morgan fingerprint density at radius 3 is 2.85 bits per heavy atom. The Balaban J connectivity index is 0.00000200. The van der Waals surface area contributed by atoms with Crippen LogP contribution in [-0.2, 0) is 11.3 Å². The Labute approximate surface area is 134 Å². The van der Waals surface area contributed by atoms with Crippen LogP contribution in [0, 0.1) is 0 Å². The molecule has 0 bridgehead atoms. The standard InChI is InChI=1S/C14H19BrN2O2.ClH/c1-14(16-8-13(18)19)6-7-17(10-14)9-11-4-2-3-5-12(11)15;/h2-5,16H,6-10H2,1H3,(H,18,19);1H. The van der Waals surface area contributed by atoms with Gasteiger partial charge in [0.25, 0.3) is 0 Å². The van der Waals surface area contributed by atoms with Gasteiger partial charge in [0.05, 0.1) is 6.54 Å². The number of hydrogen-bond donors (Lipinski definition) is 2. The molecule has 1 aliphatic heterocycles. The summed E-state index contributed by atoms with van der Waals surface area (Å²) in [6.45, 7) is 4.88. The number of nitrogens with zero attached hydrogens (tertiary/aromatic N) is 1. The van der Waals surface area contributed by atoms with E-state index in [1.165, 1.54) is 5.56 Å². The molecule has 0 amide bonds. The molecule has 1 saturated heterocycles. The monoisotopic (exact) mass is 362 g/mol. The van der Waals surface area contributed by atoms with Crippen LogP contribution in [0.3, 0.4) is 0 Å². The Morgan fingerprint density at radius 1 is 1.50 bits per heavy atom. The van der Waals surface area contributed by atoms with E-state index in [2.05, 4.69) is 39.1 Å². The molecule has 0 aliphatic carbocycles. The van der Waals surface area contributed by atoms with Crippen molar-refractivity contribution in [3.63, 3.8) is 0 Å². The first kappa shape index (κ1) is 17.4. The molecule has 1 aliphatic rings. The molecule has 1 fully saturated rings. The average Bonchev–Trinajstić information content (AvgIpc) is 2.72. The smallest absolute Gasteiger partial charge is 0.317 e. The fraction of sp³-hybridized carbons (Fsp3) is 0.500. The summed E-state index contributed by atoms with van der Waals surface area (Å²) in [4.78, 5) is 13.0. The Kier molecular flexibility index (Phi) is 6.45. The quantitative estimate of drug-likeness (QED) is 0.844. The van der Waals surface area contributed by atoms with E-state index in [9.17, 15) is 4.79 Å². The highest BCUT2D eigenvalue weighted by Crippen LogP contribution is 2.24. The van der Waals surface area contributed by atoms with Crippen LogP contribution in [0.4, 0.5) is 0 Å². The van der Waals surface area contributed by atoms with Gasteiger partial charge in [-0.05, 0) is 25.0 Å². The first-order valence-electron chi connectivity index (χ1n) is 6.41. The normalized spacial score (nSPS) is 22.5. The second-order valence-electron chi connectivity index (χ2n) is 5.36. The Bertz CT molecular complexity index is 472. The molecule has 0 aromatic heterocycles. The number of carbonyl (C=O) groups is 1. The van der Waals surface area contributed by atoms with Crippen molar-refractivity contribution in [2.24, 2.45) is 0 Å². The molecule has 0 saturated carbocycles. The van der Waals surface area contributed by atoms with Crippen molar-refractivity contribution < 1.29 is 9.90 Å². The van der Waals surface area contributed by atoms with E-state index in [4.69, 9.17) is 5.11 Å². The maximum absolute atomic E-state index is 10.6. The van der Waals surface area contributed by atoms with Crippen LogP contribution < -0.4 is 5.32 Å². The van der Waals surface area contributed by atoms with Crippen molar-refractivity contribution in [3.05, 3.63) is 34.3 Å². The van der Waals surface area contributed by atoms with E-state index in [0.717, 1.165) is 30.5 Å². The molecule has 1 aromatic carbocycles. The van der Waals surface area contributed by atoms with Gasteiger partial charge in [-0.1, -0.05) is 34.1 Å². The van der Waals surface area contributed by atoms with Crippen molar-refractivity contribution in [1.29, 1.82) is 0 Å².